The first-order valence-electron chi connectivity index (χ1n) is 6.20. The van der Waals surface area contributed by atoms with Gasteiger partial charge in [0.2, 0.25) is 0 Å². The molecule has 0 bridgehead atoms. The molecule has 0 saturated heterocycles. The summed E-state index contributed by atoms with van der Waals surface area (Å²) in [5.74, 6) is 0.495. The third-order valence-corrected chi connectivity index (χ3v) is 3.52. The molecule has 1 aromatic heterocycles. The van der Waals surface area contributed by atoms with E-state index in [4.69, 9.17) is 23.2 Å². The zero-order valence-electron chi connectivity index (χ0n) is 10.8. The van der Waals surface area contributed by atoms with Gasteiger partial charge in [-0.3, -0.25) is 0 Å². The van der Waals surface area contributed by atoms with E-state index in [1.54, 1.807) is 12.3 Å². The van der Waals surface area contributed by atoms with Gasteiger partial charge < -0.3 is 5.11 Å². The van der Waals surface area contributed by atoms with Gasteiger partial charge in [0.05, 0.1) is 5.02 Å². The van der Waals surface area contributed by atoms with Crippen molar-refractivity contribution in [3.05, 3.63) is 64.3 Å². The summed E-state index contributed by atoms with van der Waals surface area (Å²) in [6, 6.07) is 12.8. The zero-order chi connectivity index (χ0) is 14.8. The van der Waals surface area contributed by atoms with Gasteiger partial charge in [-0.15, -0.1) is 0 Å². The molecular formula is C16H10Cl2N2O. The summed E-state index contributed by atoms with van der Waals surface area (Å²) in [6.45, 7) is 0. The van der Waals surface area contributed by atoms with Crippen molar-refractivity contribution in [2.75, 3.05) is 0 Å². The van der Waals surface area contributed by atoms with Gasteiger partial charge in [0.15, 0.2) is 5.82 Å². The number of hydrogen-bond acceptors (Lipinski definition) is 3. The Hall–Kier alpha value is -2.10. The Morgan fingerprint density at radius 2 is 1.81 bits per heavy atom. The summed E-state index contributed by atoms with van der Waals surface area (Å²) in [5, 5.41) is 12.6. The first-order chi connectivity index (χ1) is 10.1. The van der Waals surface area contributed by atoms with E-state index in [-0.39, 0.29) is 10.8 Å². The number of aliphatic imine (C=N–C) groups is 1. The van der Waals surface area contributed by atoms with Crippen molar-refractivity contribution >= 4 is 46.0 Å². The molecular weight excluding hydrogens is 307 g/mol. The fraction of sp³-hybridized carbons (Fsp3) is 0. The third kappa shape index (κ3) is 2.99. The fourth-order valence-corrected chi connectivity index (χ4v) is 2.47. The second kappa shape index (κ2) is 5.72. The largest absolute Gasteiger partial charge is 0.506 e. The summed E-state index contributed by atoms with van der Waals surface area (Å²) >= 11 is 11.8. The standard InChI is InChI=1S/C16H10Cl2N2O/c17-13-5-12(16(21)14(18)7-13)9-20-15-6-10-3-1-2-4-11(10)8-19-15/h1-9,21H. The summed E-state index contributed by atoms with van der Waals surface area (Å²) in [5.41, 5.74) is 0.447. The lowest BCUT2D eigenvalue weighted by molar-refractivity contribution is 0.475. The lowest BCUT2D eigenvalue weighted by atomic mass is 10.2. The van der Waals surface area contributed by atoms with Gasteiger partial charge >= 0.3 is 0 Å². The second-order valence-corrected chi connectivity index (χ2v) is 5.32. The molecule has 2 aromatic carbocycles. The third-order valence-electron chi connectivity index (χ3n) is 3.01. The van der Waals surface area contributed by atoms with E-state index in [9.17, 15) is 5.11 Å². The SMILES string of the molecule is Oc1c(Cl)cc(Cl)cc1C=Nc1cc2ccccc2cn1. The number of rotatable bonds is 2. The van der Waals surface area contributed by atoms with Crippen molar-refractivity contribution < 1.29 is 5.11 Å². The maximum absolute atomic E-state index is 9.87. The molecule has 0 spiro atoms. The molecule has 3 aromatic rings. The molecule has 0 aliphatic carbocycles. The number of benzene rings is 2. The smallest absolute Gasteiger partial charge is 0.152 e. The van der Waals surface area contributed by atoms with Crippen LogP contribution in [0.15, 0.2) is 53.7 Å². The Balaban J connectivity index is 1.98. The molecule has 0 unspecified atom stereocenters. The Kier molecular flexibility index (Phi) is 3.78. The number of pyridine rings is 1. The minimum Gasteiger partial charge on any atom is -0.506 e. The highest BCUT2D eigenvalue weighted by Crippen LogP contribution is 2.30. The molecule has 0 aliphatic rings. The van der Waals surface area contributed by atoms with Gasteiger partial charge in [-0.25, -0.2) is 9.98 Å². The van der Waals surface area contributed by atoms with Crippen molar-refractivity contribution in [1.29, 1.82) is 0 Å². The van der Waals surface area contributed by atoms with Crippen LogP contribution in [0, 0.1) is 0 Å². The van der Waals surface area contributed by atoms with Crippen LogP contribution in [0.25, 0.3) is 10.8 Å². The van der Waals surface area contributed by atoms with E-state index in [0.29, 0.717) is 16.4 Å². The monoisotopic (exact) mass is 316 g/mol. The van der Waals surface area contributed by atoms with Crippen LogP contribution in [0.5, 0.6) is 5.75 Å². The predicted octanol–water partition coefficient (Wildman–Crippen LogP) is 5.00. The van der Waals surface area contributed by atoms with Crippen molar-refractivity contribution in [3.63, 3.8) is 0 Å². The Morgan fingerprint density at radius 3 is 2.62 bits per heavy atom. The molecule has 104 valence electrons. The van der Waals surface area contributed by atoms with Gasteiger partial charge in [-0.1, -0.05) is 47.5 Å². The van der Waals surface area contributed by atoms with Gasteiger partial charge in [-0.2, -0.15) is 0 Å². The van der Waals surface area contributed by atoms with Gasteiger partial charge in [0.1, 0.15) is 5.75 Å². The van der Waals surface area contributed by atoms with Gasteiger partial charge in [0, 0.05) is 28.4 Å². The number of aromatic hydroxyl groups is 1. The molecule has 0 saturated carbocycles. The van der Waals surface area contributed by atoms with E-state index >= 15 is 0 Å². The molecule has 1 N–H and O–H groups in total. The molecule has 3 nitrogen and oxygen atoms in total. The molecule has 0 atom stereocenters. The molecule has 5 heteroatoms. The average molecular weight is 317 g/mol. The predicted molar refractivity (Wildman–Crippen MR) is 87.1 cm³/mol. The van der Waals surface area contributed by atoms with E-state index in [2.05, 4.69) is 9.98 Å². The Morgan fingerprint density at radius 1 is 1.05 bits per heavy atom. The van der Waals surface area contributed by atoms with Crippen LogP contribution in [0.4, 0.5) is 5.82 Å². The lowest BCUT2D eigenvalue weighted by Crippen LogP contribution is -1.85. The number of hydrogen-bond donors (Lipinski definition) is 1. The molecule has 1 heterocycles. The van der Waals surface area contributed by atoms with Crippen molar-refractivity contribution in [2.24, 2.45) is 4.99 Å². The molecule has 0 aliphatic heterocycles. The molecule has 0 radical (unpaired) electrons. The van der Waals surface area contributed by atoms with Crippen molar-refractivity contribution in [1.82, 2.24) is 4.98 Å². The first kappa shape index (κ1) is 13.9. The number of phenols is 1. The van der Waals surface area contributed by atoms with E-state index < -0.39 is 0 Å². The van der Waals surface area contributed by atoms with Gasteiger partial charge in [-0.05, 0) is 23.6 Å². The highest BCUT2D eigenvalue weighted by Gasteiger charge is 2.06. The lowest BCUT2D eigenvalue weighted by Gasteiger charge is -2.02. The summed E-state index contributed by atoms with van der Waals surface area (Å²) in [4.78, 5) is 8.51. The maximum atomic E-state index is 9.87. The van der Waals surface area contributed by atoms with Crippen molar-refractivity contribution in [3.8, 4) is 5.75 Å². The van der Waals surface area contributed by atoms with Crippen LogP contribution in [-0.4, -0.2) is 16.3 Å². The quantitative estimate of drug-likeness (QED) is 0.676. The van der Waals surface area contributed by atoms with E-state index in [1.165, 1.54) is 12.3 Å². The Labute approximate surface area is 131 Å². The molecule has 3 rings (SSSR count). The second-order valence-electron chi connectivity index (χ2n) is 4.47. The van der Waals surface area contributed by atoms with E-state index in [1.807, 2.05) is 30.3 Å². The number of phenolic OH excluding ortho intramolecular Hbond substituents is 1. The molecule has 21 heavy (non-hydrogen) atoms. The number of halogens is 2. The highest BCUT2D eigenvalue weighted by molar-refractivity contribution is 6.36. The van der Waals surface area contributed by atoms with Crippen LogP contribution >= 0.6 is 23.2 Å². The van der Waals surface area contributed by atoms with Crippen LogP contribution < -0.4 is 0 Å². The normalized spacial score (nSPS) is 11.3. The molecule has 0 fully saturated rings. The average Bonchev–Trinajstić information content (AvgIpc) is 2.49. The number of nitrogens with zero attached hydrogens (tertiary/aromatic N) is 2. The van der Waals surface area contributed by atoms with Crippen LogP contribution in [0.2, 0.25) is 10.0 Å². The zero-order valence-corrected chi connectivity index (χ0v) is 12.3. The number of aromatic nitrogens is 1. The minimum atomic E-state index is -0.0504. The number of fused-ring (bicyclic) bond motifs is 1. The van der Waals surface area contributed by atoms with Crippen LogP contribution in [0.3, 0.4) is 0 Å². The fourth-order valence-electron chi connectivity index (χ4n) is 1.96. The van der Waals surface area contributed by atoms with Crippen molar-refractivity contribution in [2.45, 2.75) is 0 Å². The summed E-state index contributed by atoms with van der Waals surface area (Å²) in [6.07, 6.45) is 3.25. The molecule has 0 amide bonds. The van der Waals surface area contributed by atoms with Crippen LogP contribution in [-0.2, 0) is 0 Å². The maximum Gasteiger partial charge on any atom is 0.152 e. The van der Waals surface area contributed by atoms with Gasteiger partial charge in [0.25, 0.3) is 0 Å². The van der Waals surface area contributed by atoms with Crippen LogP contribution in [0.1, 0.15) is 5.56 Å². The minimum absolute atomic E-state index is 0.0504. The Bertz CT molecular complexity index is 847. The topological polar surface area (TPSA) is 45.5 Å². The summed E-state index contributed by atoms with van der Waals surface area (Å²) in [7, 11) is 0. The summed E-state index contributed by atoms with van der Waals surface area (Å²) < 4.78 is 0. The van der Waals surface area contributed by atoms with E-state index in [0.717, 1.165) is 10.8 Å². The highest BCUT2D eigenvalue weighted by atomic mass is 35.5. The first-order valence-corrected chi connectivity index (χ1v) is 6.96.